The summed E-state index contributed by atoms with van der Waals surface area (Å²) in [6.45, 7) is 31.9. The van der Waals surface area contributed by atoms with Gasteiger partial charge in [-0.25, -0.2) is 0 Å². The van der Waals surface area contributed by atoms with E-state index in [9.17, 15) is 0 Å². The molecule has 2 heterocycles. The van der Waals surface area contributed by atoms with Crippen molar-refractivity contribution in [3.05, 3.63) is 0 Å². The zero-order valence-corrected chi connectivity index (χ0v) is 19.8. The highest BCUT2D eigenvalue weighted by molar-refractivity contribution is 4.67. The van der Waals surface area contributed by atoms with Gasteiger partial charge in [0.25, 0.3) is 0 Å². The van der Waals surface area contributed by atoms with E-state index in [0.29, 0.717) is 0 Å². The minimum absolute atomic E-state index is 0.924. The first-order chi connectivity index (χ1) is 12.3. The van der Waals surface area contributed by atoms with Crippen LogP contribution in [0.3, 0.4) is 0 Å². The molecule has 158 valence electrons. The maximum Gasteiger partial charge on any atom is 0.0594 e. The van der Waals surface area contributed by atoms with Crippen molar-refractivity contribution in [2.75, 3.05) is 72.6 Å². The van der Waals surface area contributed by atoms with Gasteiger partial charge in [-0.05, 0) is 20.1 Å². The highest BCUT2D eigenvalue weighted by Gasteiger charge is 2.10. The van der Waals surface area contributed by atoms with Crippen LogP contribution in [0.5, 0.6) is 0 Å². The highest BCUT2D eigenvalue weighted by atomic mass is 16.5. The summed E-state index contributed by atoms with van der Waals surface area (Å²) in [4.78, 5) is 7.26. The molecule has 0 radical (unpaired) electrons. The molecule has 2 aliphatic heterocycles. The van der Waals surface area contributed by atoms with Gasteiger partial charge in [0.15, 0.2) is 0 Å². The van der Waals surface area contributed by atoms with E-state index in [1.54, 1.807) is 0 Å². The molecule has 0 aromatic rings. The van der Waals surface area contributed by atoms with Crippen molar-refractivity contribution in [2.45, 2.75) is 69.2 Å². The largest absolute Gasteiger partial charge is 0.379 e. The second-order valence-electron chi connectivity index (χ2n) is 4.78. The van der Waals surface area contributed by atoms with E-state index >= 15 is 0 Å². The molecule has 0 aromatic carbocycles. The predicted molar refractivity (Wildman–Crippen MR) is 118 cm³/mol. The van der Waals surface area contributed by atoms with Crippen LogP contribution in [0.2, 0.25) is 0 Å². The van der Waals surface area contributed by atoms with Crippen molar-refractivity contribution in [2.24, 2.45) is 0 Å². The monoisotopic (exact) mass is 363 g/mol. The summed E-state index contributed by atoms with van der Waals surface area (Å²) in [6, 6.07) is 0. The van der Waals surface area contributed by atoms with Gasteiger partial charge < -0.3 is 14.5 Å². The third-order valence-corrected chi connectivity index (χ3v) is 3.59. The van der Waals surface area contributed by atoms with Crippen LogP contribution in [-0.4, -0.2) is 87.3 Å². The fourth-order valence-corrected chi connectivity index (χ4v) is 2.08. The fourth-order valence-electron chi connectivity index (χ4n) is 2.08. The zero-order valence-electron chi connectivity index (χ0n) is 19.8. The number of nitrogens with zero attached hydrogens (tertiary/aromatic N) is 3. The molecule has 4 heteroatoms. The molecule has 25 heavy (non-hydrogen) atoms. The molecule has 2 rings (SSSR count). The number of rotatable bonds is 2. The fraction of sp³-hybridized carbons (Fsp3) is 1.00. The summed E-state index contributed by atoms with van der Waals surface area (Å²) in [5.74, 6) is 0. The van der Waals surface area contributed by atoms with E-state index in [1.165, 1.54) is 39.3 Å². The quantitative estimate of drug-likeness (QED) is 0.708. The lowest BCUT2D eigenvalue weighted by Gasteiger charge is -2.31. The molecule has 0 N–H and O–H groups in total. The molecule has 2 saturated heterocycles. The first kappa shape index (κ1) is 32.5. The van der Waals surface area contributed by atoms with E-state index in [-0.39, 0.29) is 0 Å². The van der Waals surface area contributed by atoms with Gasteiger partial charge in [-0.2, -0.15) is 0 Å². The van der Waals surface area contributed by atoms with Gasteiger partial charge in [-0.3, -0.25) is 4.90 Å². The van der Waals surface area contributed by atoms with E-state index in [2.05, 4.69) is 35.6 Å². The van der Waals surface area contributed by atoms with Gasteiger partial charge in [-0.15, -0.1) is 0 Å². The van der Waals surface area contributed by atoms with Crippen LogP contribution in [0.15, 0.2) is 0 Å². The number of piperazine rings is 1. The molecule has 0 amide bonds. The minimum Gasteiger partial charge on any atom is -0.379 e. The van der Waals surface area contributed by atoms with Gasteiger partial charge >= 0.3 is 0 Å². The second kappa shape index (κ2) is 31.6. The molecule has 0 aromatic heterocycles. The third-order valence-electron chi connectivity index (χ3n) is 3.59. The summed E-state index contributed by atoms with van der Waals surface area (Å²) in [5.41, 5.74) is 0. The smallest absolute Gasteiger partial charge is 0.0594 e. The maximum atomic E-state index is 5.16. The van der Waals surface area contributed by atoms with Gasteiger partial charge in [0.2, 0.25) is 0 Å². The standard InChI is InChI=1S/C7H16N2.C6H13NO.4C2H6/c1-3-9-6-4-8(2)5-7-9;1-2-7-3-5-8-6-4-7;4*1-2/h3-7H2,1-2H3;2-6H2,1H3;4*1-2H3. The molecule has 0 saturated carbocycles. The Morgan fingerprint density at radius 2 is 0.880 bits per heavy atom. The number of ether oxygens (including phenoxy) is 1. The summed E-state index contributed by atoms with van der Waals surface area (Å²) < 4.78 is 5.16. The SMILES string of the molecule is CC.CC.CC.CC.CCN1CCN(C)CC1.CCN1CCOCC1. The van der Waals surface area contributed by atoms with Crippen LogP contribution < -0.4 is 0 Å². The Hall–Kier alpha value is -0.160. The van der Waals surface area contributed by atoms with Crippen molar-refractivity contribution in [1.29, 1.82) is 0 Å². The van der Waals surface area contributed by atoms with Crippen LogP contribution in [0.4, 0.5) is 0 Å². The van der Waals surface area contributed by atoms with Crippen LogP contribution in [0, 0.1) is 0 Å². The van der Waals surface area contributed by atoms with Gasteiger partial charge in [0, 0.05) is 39.3 Å². The summed E-state index contributed by atoms with van der Waals surface area (Å²) in [5, 5.41) is 0. The van der Waals surface area contributed by atoms with Crippen LogP contribution in [0.25, 0.3) is 0 Å². The Labute approximate surface area is 161 Å². The Morgan fingerprint density at radius 3 is 1.16 bits per heavy atom. The molecule has 0 aliphatic carbocycles. The summed E-state index contributed by atoms with van der Waals surface area (Å²) >= 11 is 0. The predicted octanol–water partition coefficient (Wildman–Crippen LogP) is 4.70. The Kier molecular flexibility index (Phi) is 41.1. The number of hydrogen-bond acceptors (Lipinski definition) is 4. The topological polar surface area (TPSA) is 19.0 Å². The second-order valence-corrected chi connectivity index (χ2v) is 4.78. The summed E-state index contributed by atoms with van der Waals surface area (Å²) in [7, 11) is 2.19. The lowest BCUT2D eigenvalue weighted by molar-refractivity contribution is 0.0405. The lowest BCUT2D eigenvalue weighted by Crippen LogP contribution is -2.44. The van der Waals surface area contributed by atoms with Gasteiger partial charge in [0.05, 0.1) is 13.2 Å². The van der Waals surface area contributed by atoms with E-state index in [0.717, 1.165) is 26.3 Å². The number of likely N-dealkylation sites (N-methyl/N-ethyl adjacent to an activating group) is 3. The first-order valence-corrected chi connectivity index (χ1v) is 11.0. The highest BCUT2D eigenvalue weighted by Crippen LogP contribution is 1.96. The van der Waals surface area contributed by atoms with Gasteiger partial charge in [0.1, 0.15) is 0 Å². The molecule has 4 nitrogen and oxygen atoms in total. The van der Waals surface area contributed by atoms with Gasteiger partial charge in [-0.1, -0.05) is 69.2 Å². The van der Waals surface area contributed by atoms with Crippen LogP contribution in [-0.2, 0) is 4.74 Å². The normalized spacial score (nSPS) is 17.4. The molecule has 0 spiro atoms. The Balaban J connectivity index is -0.000000127. The van der Waals surface area contributed by atoms with Crippen LogP contribution in [0.1, 0.15) is 69.2 Å². The summed E-state index contributed by atoms with van der Waals surface area (Å²) in [6.07, 6.45) is 0. The van der Waals surface area contributed by atoms with E-state index in [4.69, 9.17) is 4.74 Å². The molecule has 0 atom stereocenters. The average molecular weight is 364 g/mol. The Morgan fingerprint density at radius 1 is 0.560 bits per heavy atom. The molecular formula is C21H53N3O. The molecule has 2 fully saturated rings. The van der Waals surface area contributed by atoms with Crippen molar-refractivity contribution in [3.63, 3.8) is 0 Å². The molecule has 2 aliphatic rings. The van der Waals surface area contributed by atoms with Crippen molar-refractivity contribution >= 4 is 0 Å². The number of morpholine rings is 1. The molecule has 0 unspecified atom stereocenters. The zero-order chi connectivity index (χ0) is 20.5. The first-order valence-electron chi connectivity index (χ1n) is 11.0. The van der Waals surface area contributed by atoms with Crippen molar-refractivity contribution in [1.82, 2.24) is 14.7 Å². The third kappa shape index (κ3) is 23.8. The lowest BCUT2D eigenvalue weighted by atomic mass is 10.3. The van der Waals surface area contributed by atoms with Crippen LogP contribution >= 0.6 is 0 Å². The van der Waals surface area contributed by atoms with E-state index < -0.39 is 0 Å². The number of hydrogen-bond donors (Lipinski definition) is 0. The minimum atomic E-state index is 0.924. The Bertz CT molecular complexity index is 178. The van der Waals surface area contributed by atoms with E-state index in [1.807, 2.05) is 55.4 Å². The van der Waals surface area contributed by atoms with Crippen molar-refractivity contribution < 1.29 is 4.74 Å². The maximum absolute atomic E-state index is 5.16. The average Bonchev–Trinajstić information content (AvgIpc) is 2.75. The molecular weight excluding hydrogens is 310 g/mol. The molecule has 0 bridgehead atoms. The van der Waals surface area contributed by atoms with Crippen molar-refractivity contribution in [3.8, 4) is 0 Å².